The molecule has 0 spiro atoms. The molecule has 1 aromatic rings. The van der Waals surface area contributed by atoms with Crippen LogP contribution < -0.4 is 10.6 Å². The predicted molar refractivity (Wildman–Crippen MR) is 110 cm³/mol. The third-order valence-electron chi connectivity index (χ3n) is 6.92. The molecular weight excluding hydrogens is 386 g/mol. The number of esters is 1. The summed E-state index contributed by atoms with van der Waals surface area (Å²) in [6, 6.07) is 0.492. The standard InChI is InChI=1S/C21H31N5O4/c1-2-30-20(28)21-5-3-16(25-7-9-29-10-8-25)11-15(21)4-6-26(14-21)18-13-23-12-17(24-18)19(22)27/h12-13,15-16H,2-11,14H2,1H3,(H2,22,27)/t15-,16+,21-/m1/s1. The summed E-state index contributed by atoms with van der Waals surface area (Å²) >= 11 is 0. The van der Waals surface area contributed by atoms with Gasteiger partial charge in [0.2, 0.25) is 0 Å². The van der Waals surface area contributed by atoms with Gasteiger partial charge in [0.15, 0.2) is 0 Å². The average Bonchev–Trinajstić information content (AvgIpc) is 2.79. The molecule has 1 saturated carbocycles. The highest BCUT2D eigenvalue weighted by Gasteiger charge is 2.54. The van der Waals surface area contributed by atoms with Crippen molar-refractivity contribution in [3.05, 3.63) is 18.1 Å². The second-order valence-corrected chi connectivity index (χ2v) is 8.49. The van der Waals surface area contributed by atoms with Gasteiger partial charge < -0.3 is 20.1 Å². The van der Waals surface area contributed by atoms with E-state index in [1.807, 2.05) is 6.92 Å². The van der Waals surface area contributed by atoms with Crippen molar-refractivity contribution in [2.45, 2.75) is 38.6 Å². The molecule has 0 unspecified atom stereocenters. The molecule has 3 atom stereocenters. The first-order valence-corrected chi connectivity index (χ1v) is 10.9. The van der Waals surface area contributed by atoms with E-state index >= 15 is 0 Å². The Hall–Kier alpha value is -2.26. The first-order valence-electron chi connectivity index (χ1n) is 10.9. The number of fused-ring (bicyclic) bond motifs is 1. The minimum atomic E-state index is -0.606. The minimum Gasteiger partial charge on any atom is -0.466 e. The Morgan fingerprint density at radius 1 is 1.27 bits per heavy atom. The van der Waals surface area contributed by atoms with Gasteiger partial charge in [-0.15, -0.1) is 0 Å². The molecule has 0 aromatic carbocycles. The number of carbonyl (C=O) groups excluding carboxylic acids is 2. The van der Waals surface area contributed by atoms with Crippen LogP contribution in [-0.4, -0.2) is 78.8 Å². The van der Waals surface area contributed by atoms with Crippen LogP contribution in [0.2, 0.25) is 0 Å². The maximum Gasteiger partial charge on any atom is 0.314 e. The molecule has 2 N–H and O–H groups in total. The third-order valence-corrected chi connectivity index (χ3v) is 6.92. The van der Waals surface area contributed by atoms with Crippen LogP contribution in [-0.2, 0) is 14.3 Å². The number of carbonyl (C=O) groups is 2. The number of nitrogens with two attached hydrogens (primary N) is 1. The Morgan fingerprint density at radius 3 is 2.80 bits per heavy atom. The topological polar surface area (TPSA) is 111 Å². The molecule has 1 aliphatic carbocycles. The molecule has 3 aliphatic rings. The second-order valence-electron chi connectivity index (χ2n) is 8.49. The Morgan fingerprint density at radius 2 is 2.07 bits per heavy atom. The normalized spacial score (nSPS) is 29.8. The van der Waals surface area contributed by atoms with E-state index in [1.165, 1.54) is 6.20 Å². The van der Waals surface area contributed by atoms with E-state index in [1.54, 1.807) is 6.20 Å². The van der Waals surface area contributed by atoms with Crippen LogP contribution in [0.5, 0.6) is 0 Å². The Bertz CT molecular complexity index is 784. The maximum absolute atomic E-state index is 13.2. The summed E-state index contributed by atoms with van der Waals surface area (Å²) in [4.78, 5) is 37.8. The highest BCUT2D eigenvalue weighted by molar-refractivity contribution is 5.90. The van der Waals surface area contributed by atoms with Gasteiger partial charge >= 0.3 is 5.97 Å². The molecule has 3 heterocycles. The van der Waals surface area contributed by atoms with Gasteiger partial charge in [0.25, 0.3) is 5.91 Å². The lowest BCUT2D eigenvalue weighted by molar-refractivity contribution is -0.164. The smallest absolute Gasteiger partial charge is 0.314 e. The summed E-state index contributed by atoms with van der Waals surface area (Å²) in [5.74, 6) is 0.134. The molecule has 9 nitrogen and oxygen atoms in total. The number of nitrogens with zero attached hydrogens (tertiary/aromatic N) is 4. The molecule has 0 bridgehead atoms. The predicted octanol–water partition coefficient (Wildman–Crippen LogP) is 0.836. The number of rotatable bonds is 5. The fraction of sp³-hybridized carbons (Fsp3) is 0.714. The van der Waals surface area contributed by atoms with E-state index < -0.39 is 11.3 Å². The number of hydrogen-bond acceptors (Lipinski definition) is 8. The van der Waals surface area contributed by atoms with Gasteiger partial charge in [-0.2, -0.15) is 0 Å². The molecule has 2 saturated heterocycles. The number of morpholine rings is 1. The molecule has 1 amide bonds. The molecule has 164 valence electrons. The Balaban J connectivity index is 1.56. The molecule has 9 heteroatoms. The van der Waals surface area contributed by atoms with Crippen molar-refractivity contribution in [1.29, 1.82) is 0 Å². The van der Waals surface area contributed by atoms with Crippen LogP contribution in [0.4, 0.5) is 5.82 Å². The average molecular weight is 418 g/mol. The minimum absolute atomic E-state index is 0.112. The zero-order chi connectivity index (χ0) is 21.1. The Labute approximate surface area is 176 Å². The summed E-state index contributed by atoms with van der Waals surface area (Å²) in [6.45, 7) is 7.01. The van der Waals surface area contributed by atoms with E-state index in [0.29, 0.717) is 25.0 Å². The maximum atomic E-state index is 13.2. The monoisotopic (exact) mass is 417 g/mol. The van der Waals surface area contributed by atoms with Crippen LogP contribution in [0, 0.1) is 11.3 Å². The number of amides is 1. The zero-order valence-electron chi connectivity index (χ0n) is 17.6. The van der Waals surface area contributed by atoms with Crippen LogP contribution in [0.15, 0.2) is 12.4 Å². The van der Waals surface area contributed by atoms with Gasteiger partial charge in [-0.05, 0) is 38.5 Å². The molecule has 2 aliphatic heterocycles. The van der Waals surface area contributed by atoms with Crippen molar-refractivity contribution >= 4 is 17.7 Å². The van der Waals surface area contributed by atoms with Crippen LogP contribution >= 0.6 is 0 Å². The van der Waals surface area contributed by atoms with Crippen LogP contribution in [0.3, 0.4) is 0 Å². The van der Waals surface area contributed by atoms with Crippen LogP contribution in [0.1, 0.15) is 43.1 Å². The molecule has 4 rings (SSSR count). The zero-order valence-corrected chi connectivity index (χ0v) is 17.6. The lowest BCUT2D eigenvalue weighted by Crippen LogP contribution is -2.59. The molecule has 3 fully saturated rings. The van der Waals surface area contributed by atoms with Crippen molar-refractivity contribution in [2.75, 3.05) is 50.9 Å². The van der Waals surface area contributed by atoms with Gasteiger partial charge in [-0.1, -0.05) is 0 Å². The molecular formula is C21H31N5O4. The number of aromatic nitrogens is 2. The van der Waals surface area contributed by atoms with E-state index in [2.05, 4.69) is 19.8 Å². The van der Waals surface area contributed by atoms with Gasteiger partial charge in [-0.3, -0.25) is 19.5 Å². The number of anilines is 1. The van der Waals surface area contributed by atoms with E-state index in [0.717, 1.165) is 58.5 Å². The highest BCUT2D eigenvalue weighted by Crippen LogP contribution is 2.49. The lowest BCUT2D eigenvalue weighted by atomic mass is 9.61. The van der Waals surface area contributed by atoms with Gasteiger partial charge in [0.05, 0.1) is 37.6 Å². The summed E-state index contributed by atoms with van der Waals surface area (Å²) in [5.41, 5.74) is 4.95. The van der Waals surface area contributed by atoms with Crippen molar-refractivity contribution < 1.29 is 19.1 Å². The second kappa shape index (κ2) is 8.85. The SMILES string of the molecule is CCOC(=O)[C@@]12CC[C@H](N3CCOCC3)C[C@H]1CCN(c1cncc(C(N)=O)n1)C2. The summed E-state index contributed by atoms with van der Waals surface area (Å²) in [7, 11) is 0. The first-order chi connectivity index (χ1) is 14.5. The van der Waals surface area contributed by atoms with Crippen LogP contribution in [0.25, 0.3) is 0 Å². The summed E-state index contributed by atoms with van der Waals surface area (Å²) < 4.78 is 11.1. The van der Waals surface area contributed by atoms with Crippen molar-refractivity contribution in [3.63, 3.8) is 0 Å². The van der Waals surface area contributed by atoms with Crippen molar-refractivity contribution in [1.82, 2.24) is 14.9 Å². The van der Waals surface area contributed by atoms with Gasteiger partial charge in [0, 0.05) is 32.2 Å². The fourth-order valence-corrected chi connectivity index (χ4v) is 5.34. The molecule has 0 radical (unpaired) electrons. The third kappa shape index (κ3) is 4.00. The Kier molecular flexibility index (Phi) is 6.19. The quantitative estimate of drug-likeness (QED) is 0.702. The van der Waals surface area contributed by atoms with Gasteiger partial charge in [0.1, 0.15) is 11.5 Å². The van der Waals surface area contributed by atoms with E-state index in [-0.39, 0.29) is 17.6 Å². The van der Waals surface area contributed by atoms with Crippen molar-refractivity contribution in [3.8, 4) is 0 Å². The number of piperidine rings is 1. The lowest BCUT2D eigenvalue weighted by Gasteiger charge is -2.52. The highest BCUT2D eigenvalue weighted by atomic mass is 16.5. The summed E-state index contributed by atoms with van der Waals surface area (Å²) in [5, 5.41) is 0. The van der Waals surface area contributed by atoms with Gasteiger partial charge in [-0.25, -0.2) is 4.98 Å². The number of ether oxygens (including phenoxy) is 2. The number of primary amides is 1. The van der Waals surface area contributed by atoms with E-state index in [4.69, 9.17) is 15.2 Å². The largest absolute Gasteiger partial charge is 0.466 e. The van der Waals surface area contributed by atoms with E-state index in [9.17, 15) is 9.59 Å². The fourth-order valence-electron chi connectivity index (χ4n) is 5.34. The first kappa shape index (κ1) is 21.0. The molecule has 1 aromatic heterocycles. The molecule has 30 heavy (non-hydrogen) atoms. The summed E-state index contributed by atoms with van der Waals surface area (Å²) in [6.07, 6.45) is 6.63. The van der Waals surface area contributed by atoms with Crippen molar-refractivity contribution in [2.24, 2.45) is 17.1 Å². The number of hydrogen-bond donors (Lipinski definition) is 1.